The first-order valence-electron chi connectivity index (χ1n) is 6.40. The zero-order valence-corrected chi connectivity index (χ0v) is 13.9. The van der Waals surface area contributed by atoms with Gasteiger partial charge in [0.15, 0.2) is 0 Å². The van der Waals surface area contributed by atoms with Gasteiger partial charge in [-0.3, -0.25) is 4.68 Å². The van der Waals surface area contributed by atoms with Crippen molar-refractivity contribution in [2.45, 2.75) is 45.6 Å². The molecule has 2 heterocycles. The molecule has 0 aliphatic carbocycles. The lowest BCUT2D eigenvalue weighted by Gasteiger charge is -2.19. The van der Waals surface area contributed by atoms with Crippen molar-refractivity contribution in [3.63, 3.8) is 0 Å². The van der Waals surface area contributed by atoms with Crippen molar-refractivity contribution in [2.75, 3.05) is 0 Å². The molecule has 0 fully saturated rings. The van der Waals surface area contributed by atoms with Gasteiger partial charge in [-0.25, -0.2) is 0 Å². The van der Waals surface area contributed by atoms with Crippen LogP contribution in [-0.2, 0) is 18.9 Å². The van der Waals surface area contributed by atoms with Crippen LogP contribution in [0.1, 0.15) is 48.8 Å². The Hall–Kier alpha value is -0.980. The zero-order valence-electron chi connectivity index (χ0n) is 12.3. The molecule has 2 aromatic heterocycles. The summed E-state index contributed by atoms with van der Waals surface area (Å²) >= 11 is 7.47. The van der Waals surface area contributed by atoms with Gasteiger partial charge in [0, 0.05) is 18.9 Å². The van der Waals surface area contributed by atoms with E-state index in [-0.39, 0.29) is 5.41 Å². The maximum absolute atomic E-state index is 10.5. The summed E-state index contributed by atoms with van der Waals surface area (Å²) < 4.78 is 5.69. The molecule has 1 atom stereocenters. The van der Waals surface area contributed by atoms with Crippen molar-refractivity contribution < 1.29 is 5.11 Å². The van der Waals surface area contributed by atoms with Crippen LogP contribution in [0, 0.1) is 6.92 Å². The van der Waals surface area contributed by atoms with E-state index in [1.165, 1.54) is 11.5 Å². The summed E-state index contributed by atoms with van der Waals surface area (Å²) in [6.45, 7) is 8.02. The van der Waals surface area contributed by atoms with Crippen LogP contribution in [0.25, 0.3) is 0 Å². The molecule has 0 saturated heterocycles. The second kappa shape index (κ2) is 5.42. The zero-order chi connectivity index (χ0) is 15.1. The van der Waals surface area contributed by atoms with Crippen LogP contribution >= 0.6 is 23.1 Å². The molecule has 20 heavy (non-hydrogen) atoms. The van der Waals surface area contributed by atoms with E-state index in [0.29, 0.717) is 11.4 Å². The van der Waals surface area contributed by atoms with E-state index < -0.39 is 6.10 Å². The number of nitrogens with zero attached hydrogens (tertiary/aromatic N) is 4. The minimum Gasteiger partial charge on any atom is -0.387 e. The Morgan fingerprint density at radius 1 is 1.40 bits per heavy atom. The van der Waals surface area contributed by atoms with Gasteiger partial charge in [0.05, 0.1) is 33.1 Å². The molecule has 1 N–H and O–H groups in total. The molecule has 0 aliphatic heterocycles. The van der Waals surface area contributed by atoms with Crippen LogP contribution in [0.5, 0.6) is 0 Å². The average Bonchev–Trinajstić information content (AvgIpc) is 2.90. The van der Waals surface area contributed by atoms with Gasteiger partial charge in [-0.05, 0) is 18.5 Å². The number of rotatable bonds is 3. The van der Waals surface area contributed by atoms with E-state index in [2.05, 4.69) is 35.5 Å². The Bertz CT molecular complexity index is 614. The third-order valence-electron chi connectivity index (χ3n) is 3.17. The normalized spacial score (nSPS) is 13.8. The third kappa shape index (κ3) is 2.87. The smallest absolute Gasteiger partial charge is 0.0972 e. The lowest BCUT2D eigenvalue weighted by Crippen LogP contribution is -2.17. The fourth-order valence-corrected chi connectivity index (χ4v) is 3.20. The molecule has 0 spiro atoms. The second-order valence-electron chi connectivity index (χ2n) is 5.93. The van der Waals surface area contributed by atoms with Gasteiger partial charge < -0.3 is 5.11 Å². The highest BCUT2D eigenvalue weighted by molar-refractivity contribution is 7.05. The van der Waals surface area contributed by atoms with Crippen LogP contribution in [0.3, 0.4) is 0 Å². The van der Waals surface area contributed by atoms with Gasteiger partial charge in [-0.15, -0.1) is 5.10 Å². The topological polar surface area (TPSA) is 63.8 Å². The molecule has 0 radical (unpaired) electrons. The van der Waals surface area contributed by atoms with Crippen molar-refractivity contribution in [1.82, 2.24) is 19.4 Å². The first-order valence-corrected chi connectivity index (χ1v) is 7.55. The van der Waals surface area contributed by atoms with E-state index >= 15 is 0 Å². The SMILES string of the molecule is Cc1nn(C)c(CC(O)c2snnc2C(C)(C)C)c1Cl. The van der Waals surface area contributed by atoms with Gasteiger partial charge in [-0.2, -0.15) is 5.10 Å². The van der Waals surface area contributed by atoms with E-state index in [9.17, 15) is 5.11 Å². The molecular formula is C13H19ClN4OS. The Balaban J connectivity index is 2.29. The number of aliphatic hydroxyl groups excluding tert-OH is 1. The standard InChI is InChI=1S/C13H19ClN4OS/c1-7-10(14)8(18(5)16-7)6-9(19)11-12(13(2,3)4)15-17-20-11/h9,19H,6H2,1-5H3. The van der Waals surface area contributed by atoms with E-state index in [1.54, 1.807) is 4.68 Å². The molecule has 0 aromatic carbocycles. The van der Waals surface area contributed by atoms with Crippen molar-refractivity contribution >= 4 is 23.1 Å². The van der Waals surface area contributed by atoms with Crippen LogP contribution in [0.4, 0.5) is 0 Å². The number of halogens is 1. The molecule has 5 nitrogen and oxygen atoms in total. The highest BCUT2D eigenvalue weighted by atomic mass is 35.5. The van der Waals surface area contributed by atoms with Gasteiger partial charge in [0.1, 0.15) is 0 Å². The van der Waals surface area contributed by atoms with Crippen molar-refractivity contribution in [2.24, 2.45) is 7.05 Å². The number of aromatic nitrogens is 4. The van der Waals surface area contributed by atoms with Crippen molar-refractivity contribution in [1.29, 1.82) is 0 Å². The van der Waals surface area contributed by atoms with Crippen LogP contribution < -0.4 is 0 Å². The highest BCUT2D eigenvalue weighted by Crippen LogP contribution is 2.33. The number of hydrogen-bond donors (Lipinski definition) is 1. The minimum absolute atomic E-state index is 0.143. The molecule has 2 rings (SSSR count). The molecule has 0 amide bonds. The second-order valence-corrected chi connectivity index (χ2v) is 7.09. The fraction of sp³-hybridized carbons (Fsp3) is 0.615. The summed E-state index contributed by atoms with van der Waals surface area (Å²) in [5, 5.41) is 19.5. The van der Waals surface area contributed by atoms with Crippen LogP contribution in [0.2, 0.25) is 5.02 Å². The average molecular weight is 315 g/mol. The third-order valence-corrected chi connectivity index (χ3v) is 4.49. The number of aliphatic hydroxyl groups is 1. The van der Waals surface area contributed by atoms with Crippen molar-refractivity contribution in [3.8, 4) is 0 Å². The van der Waals surface area contributed by atoms with E-state index in [4.69, 9.17) is 11.6 Å². The first kappa shape index (κ1) is 15.4. The van der Waals surface area contributed by atoms with Crippen LogP contribution in [0.15, 0.2) is 0 Å². The summed E-state index contributed by atoms with van der Waals surface area (Å²) in [7, 11) is 1.83. The van der Waals surface area contributed by atoms with Gasteiger partial charge >= 0.3 is 0 Å². The van der Waals surface area contributed by atoms with Crippen molar-refractivity contribution in [3.05, 3.63) is 27.0 Å². The highest BCUT2D eigenvalue weighted by Gasteiger charge is 2.27. The largest absolute Gasteiger partial charge is 0.387 e. The lowest BCUT2D eigenvalue weighted by molar-refractivity contribution is 0.177. The maximum atomic E-state index is 10.5. The summed E-state index contributed by atoms with van der Waals surface area (Å²) in [5.41, 5.74) is 2.29. The van der Waals surface area contributed by atoms with E-state index in [1.807, 2.05) is 14.0 Å². The Morgan fingerprint density at radius 2 is 2.05 bits per heavy atom. The molecule has 0 aliphatic rings. The Morgan fingerprint density at radius 3 is 2.55 bits per heavy atom. The molecule has 110 valence electrons. The molecule has 0 bridgehead atoms. The Labute approximate surface area is 127 Å². The molecular weight excluding hydrogens is 296 g/mol. The summed E-state index contributed by atoms with van der Waals surface area (Å²) in [4.78, 5) is 0.799. The molecule has 0 saturated carbocycles. The predicted octanol–water partition coefficient (Wildman–Crippen LogP) is 2.81. The first-order chi connectivity index (χ1) is 9.21. The molecule has 7 heteroatoms. The maximum Gasteiger partial charge on any atom is 0.0972 e. The lowest BCUT2D eigenvalue weighted by atomic mass is 9.90. The summed E-state index contributed by atoms with van der Waals surface area (Å²) in [6.07, 6.45) is -0.264. The van der Waals surface area contributed by atoms with Crippen LogP contribution in [-0.4, -0.2) is 24.5 Å². The van der Waals surface area contributed by atoms with E-state index in [0.717, 1.165) is 22.0 Å². The predicted molar refractivity (Wildman–Crippen MR) is 80.2 cm³/mol. The fourth-order valence-electron chi connectivity index (χ4n) is 2.11. The minimum atomic E-state index is -0.670. The number of hydrogen-bond acceptors (Lipinski definition) is 5. The van der Waals surface area contributed by atoms with Gasteiger partial charge in [-0.1, -0.05) is 36.9 Å². The Kier molecular flexibility index (Phi) is 4.18. The quantitative estimate of drug-likeness (QED) is 0.946. The molecule has 2 aromatic rings. The monoisotopic (exact) mass is 314 g/mol. The molecule has 1 unspecified atom stereocenters. The van der Waals surface area contributed by atoms with Gasteiger partial charge in [0.2, 0.25) is 0 Å². The summed E-state index contributed by atoms with van der Waals surface area (Å²) in [6, 6.07) is 0. The summed E-state index contributed by atoms with van der Waals surface area (Å²) in [5.74, 6) is 0. The number of aryl methyl sites for hydroxylation is 2. The van der Waals surface area contributed by atoms with Gasteiger partial charge in [0.25, 0.3) is 0 Å².